The van der Waals surface area contributed by atoms with Crippen molar-refractivity contribution < 1.29 is 0 Å². The molecule has 2 N–H and O–H groups in total. The maximum absolute atomic E-state index is 5.94. The standard InChI is InChI=1S/C11H14N4S/c1-8-3-4-10(9(12)5-8)16-6-11-14-13-7-15(11)2/h3-5,7H,6,12H2,1-2H3. The summed E-state index contributed by atoms with van der Waals surface area (Å²) >= 11 is 1.68. The van der Waals surface area contributed by atoms with Crippen molar-refractivity contribution in [3.8, 4) is 0 Å². The molecule has 4 nitrogen and oxygen atoms in total. The van der Waals surface area contributed by atoms with Gasteiger partial charge in [0.15, 0.2) is 0 Å². The van der Waals surface area contributed by atoms with Crippen LogP contribution in [0, 0.1) is 6.92 Å². The molecule has 0 radical (unpaired) electrons. The minimum absolute atomic E-state index is 0.782. The van der Waals surface area contributed by atoms with Gasteiger partial charge in [0, 0.05) is 17.6 Å². The molecule has 0 unspecified atom stereocenters. The van der Waals surface area contributed by atoms with E-state index in [1.165, 1.54) is 5.56 Å². The van der Waals surface area contributed by atoms with E-state index in [-0.39, 0.29) is 0 Å². The summed E-state index contributed by atoms with van der Waals surface area (Å²) in [5, 5.41) is 7.87. The molecule has 84 valence electrons. The number of nitrogen functional groups attached to an aromatic ring is 1. The zero-order chi connectivity index (χ0) is 11.5. The van der Waals surface area contributed by atoms with Crippen LogP contribution in [0.5, 0.6) is 0 Å². The van der Waals surface area contributed by atoms with E-state index in [2.05, 4.69) is 16.3 Å². The number of rotatable bonds is 3. The van der Waals surface area contributed by atoms with Crippen molar-refractivity contribution in [1.82, 2.24) is 14.8 Å². The lowest BCUT2D eigenvalue weighted by Gasteiger charge is -2.05. The molecule has 1 aromatic heterocycles. The number of thioether (sulfide) groups is 1. The Balaban J connectivity index is 2.08. The fourth-order valence-electron chi connectivity index (χ4n) is 1.38. The summed E-state index contributed by atoms with van der Waals surface area (Å²) in [6, 6.07) is 6.10. The third kappa shape index (κ3) is 2.36. The van der Waals surface area contributed by atoms with Crippen LogP contribution in [0.1, 0.15) is 11.4 Å². The molecule has 2 rings (SSSR count). The minimum Gasteiger partial charge on any atom is -0.398 e. The second-order valence-electron chi connectivity index (χ2n) is 3.69. The van der Waals surface area contributed by atoms with Crippen LogP contribution in [0.2, 0.25) is 0 Å². The van der Waals surface area contributed by atoms with Crippen LogP contribution in [0.3, 0.4) is 0 Å². The predicted octanol–water partition coefficient (Wildman–Crippen LogP) is 2.00. The average molecular weight is 234 g/mol. The van der Waals surface area contributed by atoms with Crippen molar-refractivity contribution in [1.29, 1.82) is 0 Å². The quantitative estimate of drug-likeness (QED) is 0.652. The monoisotopic (exact) mass is 234 g/mol. The number of nitrogens with zero attached hydrogens (tertiary/aromatic N) is 3. The first-order chi connectivity index (χ1) is 7.66. The molecule has 5 heteroatoms. The zero-order valence-corrected chi connectivity index (χ0v) is 10.2. The van der Waals surface area contributed by atoms with E-state index in [4.69, 9.17) is 5.73 Å². The van der Waals surface area contributed by atoms with Gasteiger partial charge in [-0.25, -0.2) is 0 Å². The molecule has 0 saturated carbocycles. The van der Waals surface area contributed by atoms with Gasteiger partial charge in [-0.2, -0.15) is 0 Å². The highest BCUT2D eigenvalue weighted by atomic mass is 32.2. The molecule has 0 spiro atoms. The van der Waals surface area contributed by atoms with Gasteiger partial charge < -0.3 is 10.3 Å². The number of benzene rings is 1. The highest BCUT2D eigenvalue weighted by Gasteiger charge is 2.04. The van der Waals surface area contributed by atoms with Crippen molar-refractivity contribution in [3.63, 3.8) is 0 Å². The van der Waals surface area contributed by atoms with E-state index >= 15 is 0 Å². The van der Waals surface area contributed by atoms with Gasteiger partial charge in [-0.1, -0.05) is 6.07 Å². The number of nitrogens with two attached hydrogens (primary N) is 1. The molecule has 0 aliphatic carbocycles. The third-order valence-corrected chi connectivity index (χ3v) is 3.41. The summed E-state index contributed by atoms with van der Waals surface area (Å²) < 4.78 is 1.91. The molecule has 0 fully saturated rings. The molecule has 1 aromatic carbocycles. The second-order valence-corrected chi connectivity index (χ2v) is 4.71. The van der Waals surface area contributed by atoms with Crippen LogP contribution < -0.4 is 5.73 Å². The third-order valence-electron chi connectivity index (χ3n) is 2.33. The Morgan fingerprint density at radius 3 is 2.88 bits per heavy atom. The number of anilines is 1. The van der Waals surface area contributed by atoms with Gasteiger partial charge in [-0.05, 0) is 24.6 Å². The highest BCUT2D eigenvalue weighted by molar-refractivity contribution is 7.98. The van der Waals surface area contributed by atoms with Crippen LogP contribution in [-0.2, 0) is 12.8 Å². The summed E-state index contributed by atoms with van der Waals surface area (Å²) in [6.07, 6.45) is 1.70. The summed E-state index contributed by atoms with van der Waals surface area (Å²) in [4.78, 5) is 1.09. The SMILES string of the molecule is Cc1ccc(SCc2nncn2C)c(N)c1. The van der Waals surface area contributed by atoms with Crippen LogP contribution in [0.25, 0.3) is 0 Å². The number of aryl methyl sites for hydroxylation is 2. The predicted molar refractivity (Wildman–Crippen MR) is 66.2 cm³/mol. The average Bonchev–Trinajstić information content (AvgIpc) is 2.63. The van der Waals surface area contributed by atoms with E-state index < -0.39 is 0 Å². The highest BCUT2D eigenvalue weighted by Crippen LogP contribution is 2.27. The van der Waals surface area contributed by atoms with Crippen LogP contribution >= 0.6 is 11.8 Å². The molecule has 0 atom stereocenters. The topological polar surface area (TPSA) is 56.7 Å². The Bertz CT molecular complexity index is 492. The van der Waals surface area contributed by atoms with Gasteiger partial charge in [-0.15, -0.1) is 22.0 Å². The fraction of sp³-hybridized carbons (Fsp3) is 0.273. The van der Waals surface area contributed by atoms with Gasteiger partial charge in [0.05, 0.1) is 5.75 Å². The molecule has 0 bridgehead atoms. The molecular weight excluding hydrogens is 220 g/mol. The lowest BCUT2D eigenvalue weighted by molar-refractivity contribution is 0.849. The normalized spacial score (nSPS) is 10.6. The van der Waals surface area contributed by atoms with Gasteiger partial charge in [0.25, 0.3) is 0 Å². The Morgan fingerprint density at radius 1 is 1.44 bits per heavy atom. The van der Waals surface area contributed by atoms with Crippen molar-refractivity contribution in [2.24, 2.45) is 7.05 Å². The Morgan fingerprint density at radius 2 is 2.25 bits per heavy atom. The Hall–Kier alpha value is -1.49. The maximum Gasteiger partial charge on any atom is 0.142 e. The van der Waals surface area contributed by atoms with Crippen molar-refractivity contribution in [2.75, 3.05) is 5.73 Å². The molecule has 2 aromatic rings. The first kappa shape index (κ1) is 11.0. The molecule has 0 aliphatic heterocycles. The fourth-order valence-corrected chi connectivity index (χ4v) is 2.32. The summed E-state index contributed by atoms with van der Waals surface area (Å²) in [6.45, 7) is 2.04. The molecule has 0 aliphatic rings. The molecular formula is C11H14N4S. The van der Waals surface area contributed by atoms with Crippen LogP contribution in [-0.4, -0.2) is 14.8 Å². The molecule has 1 heterocycles. The second kappa shape index (κ2) is 4.57. The first-order valence-corrected chi connectivity index (χ1v) is 5.97. The van der Waals surface area contributed by atoms with Crippen molar-refractivity contribution in [2.45, 2.75) is 17.6 Å². The largest absolute Gasteiger partial charge is 0.398 e. The Kier molecular flexibility index (Phi) is 3.14. The van der Waals surface area contributed by atoms with Crippen molar-refractivity contribution >= 4 is 17.4 Å². The molecule has 16 heavy (non-hydrogen) atoms. The maximum atomic E-state index is 5.94. The molecule has 0 saturated heterocycles. The van der Waals surface area contributed by atoms with Gasteiger partial charge in [0.1, 0.15) is 12.2 Å². The Labute approximate surface area is 98.9 Å². The van der Waals surface area contributed by atoms with E-state index in [0.717, 1.165) is 22.2 Å². The lowest BCUT2D eigenvalue weighted by Crippen LogP contribution is -1.95. The lowest BCUT2D eigenvalue weighted by atomic mass is 10.2. The van der Waals surface area contributed by atoms with Gasteiger partial charge in [0.2, 0.25) is 0 Å². The van der Waals surface area contributed by atoms with Gasteiger partial charge in [-0.3, -0.25) is 0 Å². The zero-order valence-electron chi connectivity index (χ0n) is 9.34. The summed E-state index contributed by atoms with van der Waals surface area (Å²) in [5.41, 5.74) is 7.94. The van der Waals surface area contributed by atoms with E-state index in [1.54, 1.807) is 18.1 Å². The number of hydrogen-bond donors (Lipinski definition) is 1. The van der Waals surface area contributed by atoms with Gasteiger partial charge >= 0.3 is 0 Å². The smallest absolute Gasteiger partial charge is 0.142 e. The first-order valence-electron chi connectivity index (χ1n) is 4.98. The number of aromatic nitrogens is 3. The van der Waals surface area contributed by atoms with Crippen LogP contribution in [0.4, 0.5) is 5.69 Å². The summed E-state index contributed by atoms with van der Waals surface area (Å²) in [7, 11) is 1.94. The summed E-state index contributed by atoms with van der Waals surface area (Å²) in [5.74, 6) is 1.73. The minimum atomic E-state index is 0.782. The molecule has 0 amide bonds. The van der Waals surface area contributed by atoms with E-state index in [0.29, 0.717) is 0 Å². The number of hydrogen-bond acceptors (Lipinski definition) is 4. The van der Waals surface area contributed by atoms with E-state index in [1.807, 2.05) is 30.7 Å². The van der Waals surface area contributed by atoms with Crippen molar-refractivity contribution in [3.05, 3.63) is 35.9 Å². The van der Waals surface area contributed by atoms with E-state index in [9.17, 15) is 0 Å². The van der Waals surface area contributed by atoms with Crippen LogP contribution in [0.15, 0.2) is 29.4 Å².